The molecule has 0 atom stereocenters. The van der Waals surface area contributed by atoms with Gasteiger partial charge in [-0.1, -0.05) is 28.1 Å². The Balaban J connectivity index is 2.39. The third-order valence-corrected chi connectivity index (χ3v) is 2.81. The lowest BCUT2D eigenvalue weighted by Gasteiger charge is -2.08. The van der Waals surface area contributed by atoms with E-state index in [2.05, 4.69) is 27.8 Å². The van der Waals surface area contributed by atoms with Gasteiger partial charge < -0.3 is 10.1 Å². The molecule has 4 heteroatoms. The molecule has 98 valence electrons. The fourth-order valence-corrected chi connectivity index (χ4v) is 1.94. The number of hydrogen-bond donors (Lipinski definition) is 1. The summed E-state index contributed by atoms with van der Waals surface area (Å²) in [6.45, 7) is 9.09. The monoisotopic (exact) mass is 311 g/mol. The molecular weight excluding hydrogens is 294 g/mol. The number of hydrogen-bond acceptors (Lipinski definition) is 2. The summed E-state index contributed by atoms with van der Waals surface area (Å²) >= 11 is 3.37. The van der Waals surface area contributed by atoms with Crippen molar-refractivity contribution in [3.05, 3.63) is 46.0 Å². The summed E-state index contributed by atoms with van der Waals surface area (Å²) in [7, 11) is 0. The third-order valence-electron chi connectivity index (χ3n) is 2.31. The fourth-order valence-electron chi connectivity index (χ4n) is 1.46. The standard InChI is InChI=1S/C14H18BrNO2/c1-10(2)9-18-7-6-16-14(17)13-5-4-12(15)8-11(13)3/h4-5,8H,1,6-7,9H2,2-3H3,(H,16,17). The first-order chi connectivity index (χ1) is 8.50. The number of amides is 1. The van der Waals surface area contributed by atoms with Gasteiger partial charge in [-0.15, -0.1) is 0 Å². The van der Waals surface area contributed by atoms with Crippen LogP contribution in [0.1, 0.15) is 22.8 Å². The van der Waals surface area contributed by atoms with Gasteiger partial charge in [0.1, 0.15) is 0 Å². The van der Waals surface area contributed by atoms with Gasteiger partial charge in [0.25, 0.3) is 5.91 Å². The van der Waals surface area contributed by atoms with Crippen LogP contribution in [0.25, 0.3) is 0 Å². The average Bonchev–Trinajstić information content (AvgIpc) is 2.27. The lowest BCUT2D eigenvalue weighted by molar-refractivity contribution is 0.0926. The predicted octanol–water partition coefficient (Wildman–Crippen LogP) is 3.08. The summed E-state index contributed by atoms with van der Waals surface area (Å²) in [5, 5.41) is 2.82. The van der Waals surface area contributed by atoms with E-state index in [4.69, 9.17) is 4.74 Å². The molecule has 1 aromatic carbocycles. The second-order valence-electron chi connectivity index (χ2n) is 4.22. The predicted molar refractivity (Wildman–Crippen MR) is 76.8 cm³/mol. The van der Waals surface area contributed by atoms with Crippen LogP contribution in [0.4, 0.5) is 0 Å². The van der Waals surface area contributed by atoms with Crippen LogP contribution in [0, 0.1) is 6.92 Å². The van der Waals surface area contributed by atoms with E-state index < -0.39 is 0 Å². The highest BCUT2D eigenvalue weighted by atomic mass is 79.9. The summed E-state index contributed by atoms with van der Waals surface area (Å²) in [6, 6.07) is 5.59. The molecule has 0 spiro atoms. The molecule has 1 aromatic rings. The number of rotatable bonds is 6. The number of benzene rings is 1. The van der Waals surface area contributed by atoms with Crippen molar-refractivity contribution in [2.75, 3.05) is 19.8 Å². The summed E-state index contributed by atoms with van der Waals surface area (Å²) in [6.07, 6.45) is 0. The molecule has 1 amide bonds. The smallest absolute Gasteiger partial charge is 0.251 e. The van der Waals surface area contributed by atoms with Crippen molar-refractivity contribution in [3.63, 3.8) is 0 Å². The Morgan fingerprint density at radius 1 is 1.50 bits per heavy atom. The number of aryl methyl sites for hydroxylation is 1. The van der Waals surface area contributed by atoms with E-state index in [1.54, 1.807) is 0 Å². The maximum absolute atomic E-state index is 11.9. The molecular formula is C14H18BrNO2. The van der Waals surface area contributed by atoms with Crippen LogP contribution in [0.3, 0.4) is 0 Å². The Morgan fingerprint density at radius 3 is 2.83 bits per heavy atom. The highest BCUT2D eigenvalue weighted by Gasteiger charge is 2.08. The van der Waals surface area contributed by atoms with Crippen LogP contribution < -0.4 is 5.32 Å². The van der Waals surface area contributed by atoms with Crippen molar-refractivity contribution in [3.8, 4) is 0 Å². The maximum atomic E-state index is 11.9. The van der Waals surface area contributed by atoms with E-state index in [0.29, 0.717) is 25.3 Å². The second kappa shape index (κ2) is 7.34. The Kier molecular flexibility index (Phi) is 6.09. The van der Waals surface area contributed by atoms with Gasteiger partial charge in [0.2, 0.25) is 0 Å². The van der Waals surface area contributed by atoms with Gasteiger partial charge in [-0.25, -0.2) is 0 Å². The molecule has 0 unspecified atom stereocenters. The molecule has 1 rings (SSSR count). The van der Waals surface area contributed by atoms with E-state index in [9.17, 15) is 4.79 Å². The first-order valence-corrected chi connectivity index (χ1v) is 6.56. The van der Waals surface area contributed by atoms with Crippen molar-refractivity contribution >= 4 is 21.8 Å². The lowest BCUT2D eigenvalue weighted by atomic mass is 10.1. The Morgan fingerprint density at radius 2 is 2.22 bits per heavy atom. The summed E-state index contributed by atoms with van der Waals surface area (Å²) in [5.41, 5.74) is 2.62. The van der Waals surface area contributed by atoms with Crippen molar-refractivity contribution in [1.29, 1.82) is 0 Å². The molecule has 0 saturated heterocycles. The SMILES string of the molecule is C=C(C)COCCNC(=O)c1ccc(Br)cc1C. The molecule has 0 saturated carbocycles. The molecule has 0 radical (unpaired) electrons. The van der Waals surface area contributed by atoms with E-state index in [-0.39, 0.29) is 5.91 Å². The van der Waals surface area contributed by atoms with E-state index in [1.165, 1.54) is 0 Å². The fraction of sp³-hybridized carbons (Fsp3) is 0.357. The van der Waals surface area contributed by atoms with Crippen molar-refractivity contribution < 1.29 is 9.53 Å². The maximum Gasteiger partial charge on any atom is 0.251 e. The van der Waals surface area contributed by atoms with Gasteiger partial charge in [-0.2, -0.15) is 0 Å². The highest BCUT2D eigenvalue weighted by Crippen LogP contribution is 2.15. The summed E-state index contributed by atoms with van der Waals surface area (Å²) in [4.78, 5) is 11.9. The number of nitrogens with one attached hydrogen (secondary N) is 1. The molecule has 0 heterocycles. The number of halogens is 1. The zero-order chi connectivity index (χ0) is 13.5. The summed E-state index contributed by atoms with van der Waals surface area (Å²) in [5.74, 6) is -0.0704. The Labute approximate surface area is 116 Å². The van der Waals surface area contributed by atoms with Gasteiger partial charge in [-0.3, -0.25) is 4.79 Å². The zero-order valence-electron chi connectivity index (χ0n) is 10.8. The lowest BCUT2D eigenvalue weighted by Crippen LogP contribution is -2.28. The largest absolute Gasteiger partial charge is 0.375 e. The molecule has 0 aromatic heterocycles. The van der Waals surface area contributed by atoms with Crippen LogP contribution in [0.5, 0.6) is 0 Å². The van der Waals surface area contributed by atoms with Gasteiger partial charge in [0.05, 0.1) is 13.2 Å². The first kappa shape index (κ1) is 14.9. The molecule has 0 aliphatic carbocycles. The van der Waals surface area contributed by atoms with E-state index >= 15 is 0 Å². The molecule has 18 heavy (non-hydrogen) atoms. The van der Waals surface area contributed by atoms with Crippen LogP contribution in [-0.2, 0) is 4.74 Å². The van der Waals surface area contributed by atoms with Crippen LogP contribution in [0.2, 0.25) is 0 Å². The molecule has 1 N–H and O–H groups in total. The molecule has 0 aliphatic rings. The third kappa shape index (κ3) is 5.02. The minimum absolute atomic E-state index is 0.0704. The average molecular weight is 312 g/mol. The normalized spacial score (nSPS) is 10.2. The second-order valence-corrected chi connectivity index (χ2v) is 5.14. The quantitative estimate of drug-likeness (QED) is 0.647. The highest BCUT2D eigenvalue weighted by molar-refractivity contribution is 9.10. The topological polar surface area (TPSA) is 38.3 Å². The molecule has 0 fully saturated rings. The molecule has 0 bridgehead atoms. The Hall–Kier alpha value is -1.13. The van der Waals surface area contributed by atoms with Crippen LogP contribution in [-0.4, -0.2) is 25.7 Å². The number of carbonyl (C=O) groups excluding carboxylic acids is 1. The van der Waals surface area contributed by atoms with Crippen molar-refractivity contribution in [2.24, 2.45) is 0 Å². The Bertz CT molecular complexity index is 443. The molecule has 0 aliphatic heterocycles. The van der Waals surface area contributed by atoms with Crippen molar-refractivity contribution in [2.45, 2.75) is 13.8 Å². The van der Waals surface area contributed by atoms with Crippen LogP contribution >= 0.6 is 15.9 Å². The minimum Gasteiger partial charge on any atom is -0.375 e. The van der Waals surface area contributed by atoms with Gasteiger partial charge in [-0.05, 0) is 37.6 Å². The zero-order valence-corrected chi connectivity index (χ0v) is 12.3. The van der Waals surface area contributed by atoms with Gasteiger partial charge in [0, 0.05) is 16.6 Å². The number of ether oxygens (including phenoxy) is 1. The first-order valence-electron chi connectivity index (χ1n) is 5.77. The summed E-state index contributed by atoms with van der Waals surface area (Å²) < 4.78 is 6.28. The van der Waals surface area contributed by atoms with E-state index in [1.807, 2.05) is 32.0 Å². The van der Waals surface area contributed by atoms with Crippen LogP contribution in [0.15, 0.2) is 34.8 Å². The van der Waals surface area contributed by atoms with Crippen molar-refractivity contribution in [1.82, 2.24) is 5.32 Å². The van der Waals surface area contributed by atoms with Gasteiger partial charge >= 0.3 is 0 Å². The number of carbonyl (C=O) groups is 1. The van der Waals surface area contributed by atoms with Gasteiger partial charge in [0.15, 0.2) is 0 Å². The molecule has 3 nitrogen and oxygen atoms in total. The van der Waals surface area contributed by atoms with E-state index in [0.717, 1.165) is 15.6 Å². The minimum atomic E-state index is -0.0704.